The van der Waals surface area contributed by atoms with Crippen molar-refractivity contribution in [2.24, 2.45) is 21.3 Å². The van der Waals surface area contributed by atoms with Gasteiger partial charge in [-0.05, 0) is 73.8 Å². The van der Waals surface area contributed by atoms with Gasteiger partial charge in [0.1, 0.15) is 11.4 Å². The van der Waals surface area contributed by atoms with Gasteiger partial charge in [-0.2, -0.15) is 0 Å². The van der Waals surface area contributed by atoms with E-state index in [1.54, 1.807) is 18.3 Å². The van der Waals surface area contributed by atoms with Crippen molar-refractivity contribution in [1.82, 2.24) is 10.2 Å². The van der Waals surface area contributed by atoms with E-state index in [1.807, 2.05) is 48.2 Å². The van der Waals surface area contributed by atoms with Crippen LogP contribution >= 0.6 is 0 Å². The molecule has 1 aliphatic heterocycles. The quantitative estimate of drug-likeness (QED) is 0.303. The third kappa shape index (κ3) is 6.83. The van der Waals surface area contributed by atoms with Gasteiger partial charge in [-0.15, -0.1) is 0 Å². The second-order valence-corrected chi connectivity index (χ2v) is 12.3. The maximum atomic E-state index is 14.2. The lowest BCUT2D eigenvalue weighted by Gasteiger charge is -2.46. The molecule has 2 aromatic rings. The van der Waals surface area contributed by atoms with Gasteiger partial charge in [0.25, 0.3) is 11.8 Å². The zero-order valence-corrected chi connectivity index (χ0v) is 24.9. The van der Waals surface area contributed by atoms with Crippen molar-refractivity contribution < 1.29 is 19.5 Å². The molecule has 42 heavy (non-hydrogen) atoms. The molecule has 4 rings (SSSR count). The lowest BCUT2D eigenvalue weighted by molar-refractivity contribution is -0.137. The van der Waals surface area contributed by atoms with Gasteiger partial charge in [-0.1, -0.05) is 45.0 Å². The van der Waals surface area contributed by atoms with Crippen molar-refractivity contribution in [1.29, 1.82) is 5.41 Å². The maximum Gasteiger partial charge on any atom is 0.305 e. The Labute approximate surface area is 247 Å². The molecule has 0 saturated heterocycles. The molecule has 0 radical (unpaired) electrons. The standard InChI is InChI=1S/C33H41N5O4/c1-22(23-9-11-24(12-10-23)30(41)36-20-15-28(39)40)38-31(42)29(25-7-5-8-27(21-25)35-19-6-18-34)37-33(38)16-13-26(14-17-33)32(2,3)4/h5,7-12,18-19,21-22,26,34H,6,13-17,20H2,1-4H3,(H,36,41)(H,39,40). The molecule has 0 aromatic heterocycles. The van der Waals surface area contributed by atoms with Gasteiger partial charge >= 0.3 is 5.97 Å². The molecule has 1 unspecified atom stereocenters. The van der Waals surface area contributed by atoms with Gasteiger partial charge in [0.2, 0.25) is 0 Å². The number of hydrogen-bond acceptors (Lipinski definition) is 6. The summed E-state index contributed by atoms with van der Waals surface area (Å²) < 4.78 is 0. The highest BCUT2D eigenvalue weighted by atomic mass is 16.4. The number of carboxylic acid groups (broad SMARTS) is 1. The molecule has 9 nitrogen and oxygen atoms in total. The highest BCUT2D eigenvalue weighted by molar-refractivity contribution is 6.47. The Morgan fingerprint density at radius 2 is 1.88 bits per heavy atom. The topological polar surface area (TPSA) is 135 Å². The maximum absolute atomic E-state index is 14.2. The Hall–Kier alpha value is -4.14. The minimum Gasteiger partial charge on any atom is -0.481 e. The van der Waals surface area contributed by atoms with E-state index in [1.165, 1.54) is 6.21 Å². The van der Waals surface area contributed by atoms with E-state index in [0.29, 0.717) is 29.3 Å². The number of carbonyl (C=O) groups is 3. The smallest absolute Gasteiger partial charge is 0.305 e. The number of aliphatic carboxylic acids is 1. The zero-order chi connectivity index (χ0) is 30.5. The van der Waals surface area contributed by atoms with Crippen LogP contribution in [0.4, 0.5) is 5.69 Å². The van der Waals surface area contributed by atoms with E-state index in [0.717, 1.165) is 36.8 Å². The Kier molecular flexibility index (Phi) is 9.39. The van der Waals surface area contributed by atoms with Crippen molar-refractivity contribution >= 4 is 41.6 Å². The van der Waals surface area contributed by atoms with Crippen molar-refractivity contribution in [3.05, 3.63) is 65.2 Å². The summed E-state index contributed by atoms with van der Waals surface area (Å²) in [4.78, 5) is 49.0. The zero-order valence-electron chi connectivity index (χ0n) is 24.9. The highest BCUT2D eigenvalue weighted by Gasteiger charge is 2.51. The average molecular weight is 572 g/mol. The van der Waals surface area contributed by atoms with Crippen LogP contribution in [0, 0.1) is 16.7 Å². The Morgan fingerprint density at radius 1 is 1.19 bits per heavy atom. The van der Waals surface area contributed by atoms with E-state index in [4.69, 9.17) is 15.5 Å². The second kappa shape index (κ2) is 12.8. The van der Waals surface area contributed by atoms with Crippen molar-refractivity contribution in [3.63, 3.8) is 0 Å². The van der Waals surface area contributed by atoms with E-state index in [9.17, 15) is 14.4 Å². The molecule has 1 heterocycles. The molecule has 2 aliphatic rings. The van der Waals surface area contributed by atoms with Crippen LogP contribution in [-0.4, -0.2) is 58.1 Å². The number of rotatable bonds is 10. The first kappa shape index (κ1) is 30.8. The summed E-state index contributed by atoms with van der Waals surface area (Å²) in [6, 6.07) is 14.4. The minimum absolute atomic E-state index is 0.0575. The van der Waals surface area contributed by atoms with Crippen LogP contribution in [0.25, 0.3) is 0 Å². The SMILES string of the molecule is CC(c1ccc(C(=O)NCCC(=O)O)cc1)N1C(=O)C(c2cccc(N=CCC=N)c2)=NC12CCC(C(C)(C)C)CC2. The Balaban J connectivity index is 1.63. The molecule has 0 bridgehead atoms. The summed E-state index contributed by atoms with van der Waals surface area (Å²) in [6.07, 6.45) is 6.75. The molecule has 222 valence electrons. The van der Waals surface area contributed by atoms with E-state index >= 15 is 0 Å². The highest BCUT2D eigenvalue weighted by Crippen LogP contribution is 2.49. The first-order valence-corrected chi connectivity index (χ1v) is 14.6. The number of aliphatic imine (C=N–C) groups is 2. The van der Waals surface area contributed by atoms with Crippen LogP contribution in [0.3, 0.4) is 0 Å². The molecular weight excluding hydrogens is 530 g/mol. The number of amides is 2. The number of carbonyl (C=O) groups excluding carboxylic acids is 2. The van der Waals surface area contributed by atoms with Gasteiger partial charge in [-0.3, -0.25) is 24.4 Å². The summed E-state index contributed by atoms with van der Waals surface area (Å²) in [5, 5.41) is 18.7. The van der Waals surface area contributed by atoms with Crippen molar-refractivity contribution in [2.75, 3.05) is 6.54 Å². The third-order valence-electron chi connectivity index (χ3n) is 8.45. The molecule has 2 aromatic carbocycles. The van der Waals surface area contributed by atoms with Crippen LogP contribution in [-0.2, 0) is 9.59 Å². The summed E-state index contributed by atoms with van der Waals surface area (Å²) in [6.45, 7) is 8.88. The predicted molar refractivity (Wildman–Crippen MR) is 165 cm³/mol. The summed E-state index contributed by atoms with van der Waals surface area (Å²) >= 11 is 0. The number of nitrogens with zero attached hydrogens (tertiary/aromatic N) is 3. The number of carboxylic acids is 1. The van der Waals surface area contributed by atoms with Gasteiger partial charge < -0.3 is 20.7 Å². The van der Waals surface area contributed by atoms with Gasteiger partial charge in [0, 0.05) is 36.5 Å². The summed E-state index contributed by atoms with van der Waals surface area (Å²) in [5.74, 6) is -0.879. The molecular formula is C33H41N5O4. The van der Waals surface area contributed by atoms with Gasteiger partial charge in [0.15, 0.2) is 0 Å². The lowest BCUT2D eigenvalue weighted by Crippen LogP contribution is -2.50. The predicted octanol–water partition coefficient (Wildman–Crippen LogP) is 5.96. The normalized spacial score (nSPS) is 21.4. The van der Waals surface area contributed by atoms with E-state index in [-0.39, 0.29) is 36.2 Å². The fourth-order valence-electron chi connectivity index (χ4n) is 6.03. The Bertz CT molecular complexity index is 1380. The van der Waals surface area contributed by atoms with E-state index < -0.39 is 11.6 Å². The average Bonchev–Trinajstić information content (AvgIpc) is 3.23. The molecule has 1 saturated carbocycles. The van der Waals surface area contributed by atoms with Crippen LogP contribution in [0.1, 0.15) is 93.7 Å². The molecule has 1 atom stereocenters. The number of hydrogen-bond donors (Lipinski definition) is 3. The largest absolute Gasteiger partial charge is 0.481 e. The first-order valence-electron chi connectivity index (χ1n) is 14.6. The van der Waals surface area contributed by atoms with Gasteiger partial charge in [0.05, 0.1) is 18.2 Å². The monoisotopic (exact) mass is 571 g/mol. The van der Waals surface area contributed by atoms with Crippen LogP contribution < -0.4 is 5.32 Å². The van der Waals surface area contributed by atoms with Crippen molar-refractivity contribution in [3.8, 4) is 0 Å². The first-order chi connectivity index (χ1) is 19.9. The fraction of sp³-hybridized carbons (Fsp3) is 0.455. The van der Waals surface area contributed by atoms with E-state index in [2.05, 4.69) is 31.1 Å². The Morgan fingerprint density at radius 3 is 2.50 bits per heavy atom. The van der Waals surface area contributed by atoms with Gasteiger partial charge in [-0.25, -0.2) is 0 Å². The second-order valence-electron chi connectivity index (χ2n) is 12.3. The molecule has 2 amide bonds. The molecule has 9 heteroatoms. The summed E-state index contributed by atoms with van der Waals surface area (Å²) in [5.41, 5.74) is 2.72. The lowest BCUT2D eigenvalue weighted by atomic mass is 9.69. The molecule has 1 fully saturated rings. The minimum atomic E-state index is -0.968. The number of nitrogens with one attached hydrogen (secondary N) is 2. The number of benzene rings is 2. The summed E-state index contributed by atoms with van der Waals surface area (Å²) in [7, 11) is 0. The molecule has 3 N–H and O–H groups in total. The van der Waals surface area contributed by atoms with Crippen molar-refractivity contribution in [2.45, 2.75) is 77.9 Å². The molecule has 1 spiro atoms. The van der Waals surface area contributed by atoms with Crippen LogP contribution in [0.2, 0.25) is 0 Å². The fourth-order valence-corrected chi connectivity index (χ4v) is 6.03. The van der Waals surface area contributed by atoms with Crippen LogP contribution in [0.15, 0.2) is 58.5 Å². The van der Waals surface area contributed by atoms with Crippen LogP contribution in [0.5, 0.6) is 0 Å². The molecule has 1 aliphatic carbocycles. The third-order valence-corrected chi connectivity index (χ3v) is 8.45.